The van der Waals surface area contributed by atoms with Crippen LogP contribution in [0.3, 0.4) is 0 Å². The molecule has 0 aliphatic carbocycles. The van der Waals surface area contributed by atoms with Crippen LogP contribution < -0.4 is 14.4 Å². The van der Waals surface area contributed by atoms with E-state index in [9.17, 15) is 13.8 Å². The molecule has 0 radical (unpaired) electrons. The number of carbonyl (C=O) groups is 2. The number of nitrogens with zero attached hydrogens (tertiary/aromatic N) is 2. The van der Waals surface area contributed by atoms with E-state index < -0.39 is 51.8 Å². The summed E-state index contributed by atoms with van der Waals surface area (Å²) in [4.78, 5) is 30.6. The summed E-state index contributed by atoms with van der Waals surface area (Å²) in [6.45, 7) is 18.8. The highest BCUT2D eigenvalue weighted by Crippen LogP contribution is 2.39. The average Bonchev–Trinajstić information content (AvgIpc) is 3.28. The molecule has 3 aliphatic rings. The van der Waals surface area contributed by atoms with Gasteiger partial charge in [0.05, 0.1) is 28.2 Å². The van der Waals surface area contributed by atoms with E-state index in [0.29, 0.717) is 48.3 Å². The van der Waals surface area contributed by atoms with Gasteiger partial charge in [0.15, 0.2) is 0 Å². The minimum Gasteiger partial charge on any atom is -0.487 e. The number of hydrogen-bond acceptors (Lipinski definition) is 8. The molecule has 0 spiro atoms. The number of aryl methyl sites for hydroxylation is 1. The molecule has 296 valence electrons. The predicted octanol–water partition coefficient (Wildman–Crippen LogP) is 8.36. The largest absolute Gasteiger partial charge is 0.524 e. The van der Waals surface area contributed by atoms with Gasteiger partial charge in [0, 0.05) is 30.2 Å². The molecule has 3 aliphatic heterocycles. The Labute approximate surface area is 328 Å². The number of carbonyl (C=O) groups excluding carboxylic acids is 2. The topological polar surface area (TPSA) is 107 Å². The van der Waals surface area contributed by atoms with Crippen LogP contribution >= 0.6 is 11.6 Å². The van der Waals surface area contributed by atoms with Crippen molar-refractivity contribution in [3.05, 3.63) is 69.9 Å². The minimum atomic E-state index is -1.77. The quantitative estimate of drug-likeness (QED) is 0.253. The first-order valence-electron chi connectivity index (χ1n) is 19.0. The molecule has 0 saturated carbocycles. The monoisotopic (exact) mass is 787 g/mol. The summed E-state index contributed by atoms with van der Waals surface area (Å²) in [7, 11) is -2.86. The van der Waals surface area contributed by atoms with Crippen LogP contribution in [0.2, 0.25) is 5.02 Å². The van der Waals surface area contributed by atoms with E-state index in [0.717, 1.165) is 36.8 Å². The van der Waals surface area contributed by atoms with Gasteiger partial charge in [-0.25, -0.2) is 13.4 Å². The van der Waals surface area contributed by atoms with Gasteiger partial charge in [-0.05, 0) is 135 Å². The van der Waals surface area contributed by atoms with E-state index in [4.69, 9.17) is 30.4 Å². The van der Waals surface area contributed by atoms with Gasteiger partial charge in [-0.3, -0.25) is 9.52 Å². The molecule has 4 atom stereocenters. The van der Waals surface area contributed by atoms with Gasteiger partial charge in [-0.2, -0.15) is 0 Å². The van der Waals surface area contributed by atoms with Crippen molar-refractivity contribution in [2.24, 2.45) is 5.92 Å². The van der Waals surface area contributed by atoms with Gasteiger partial charge in [0.2, 0.25) is 0 Å². The van der Waals surface area contributed by atoms with Gasteiger partial charge in [-0.15, -0.1) is 0 Å². The van der Waals surface area contributed by atoms with Gasteiger partial charge < -0.3 is 28.6 Å². The highest BCUT2D eigenvalue weighted by atomic mass is 35.5. The number of likely N-dealkylation sites (tertiary alicyclic amines) is 1. The maximum Gasteiger partial charge on any atom is 0.524 e. The van der Waals surface area contributed by atoms with Crippen molar-refractivity contribution in [2.75, 3.05) is 24.5 Å². The van der Waals surface area contributed by atoms with E-state index in [2.05, 4.69) is 9.62 Å². The number of nitrogens with one attached hydrogen (secondary N) is 1. The fourth-order valence-corrected chi connectivity index (χ4v) is 7.74. The molecule has 0 bridgehead atoms. The Morgan fingerprint density at radius 1 is 1.07 bits per heavy atom. The van der Waals surface area contributed by atoms with Crippen LogP contribution in [0.5, 0.6) is 5.75 Å². The van der Waals surface area contributed by atoms with Crippen LogP contribution in [-0.4, -0.2) is 76.0 Å². The molecule has 1 unspecified atom stereocenters. The van der Waals surface area contributed by atoms with Crippen LogP contribution in [0.4, 0.5) is 14.9 Å². The van der Waals surface area contributed by atoms with Crippen molar-refractivity contribution in [2.45, 2.75) is 129 Å². The number of benzene rings is 2. The first-order chi connectivity index (χ1) is 25.2. The third-order valence-electron chi connectivity index (χ3n) is 10.9. The van der Waals surface area contributed by atoms with Crippen molar-refractivity contribution < 1.29 is 37.0 Å². The molecule has 10 nitrogen and oxygen atoms in total. The molecule has 5 rings (SSSR count). The molecule has 1 N–H and O–H groups in total. The first kappa shape index (κ1) is 42.0. The van der Waals surface area contributed by atoms with Crippen molar-refractivity contribution in [1.29, 1.82) is 0 Å². The molecule has 2 fully saturated rings. The lowest BCUT2D eigenvalue weighted by Crippen LogP contribution is -2.57. The molecule has 2 amide bonds. The number of hydrogen-bond donors (Lipinski definition) is 1. The summed E-state index contributed by atoms with van der Waals surface area (Å²) in [5, 5.41) is 0.197. The maximum absolute atomic E-state index is 15.1. The Morgan fingerprint density at radius 3 is 2.43 bits per heavy atom. The molecule has 2 saturated heterocycles. The SMILES string of the molecule is C[C@H]([C@@H](C)C/C=C(\F)B1OC(C)(C)C(C)(C)O1)S(=O)NC(=O)c1ccc2c(c1)N(C[C@@H]1CCN1C(=O)OC(C)(C)C)CCCCc1cc(Cl)ccc1CO2. The normalized spacial score (nSPS) is 21.7. The lowest BCUT2D eigenvalue weighted by Gasteiger charge is -2.44. The third kappa shape index (κ3) is 10.2. The summed E-state index contributed by atoms with van der Waals surface area (Å²) in [5.41, 5.74) is 0.751. The van der Waals surface area contributed by atoms with E-state index in [-0.39, 0.29) is 24.5 Å². The molecule has 54 heavy (non-hydrogen) atoms. The number of rotatable bonds is 9. The Bertz CT molecular complexity index is 1740. The lowest BCUT2D eigenvalue weighted by molar-refractivity contribution is -0.00378. The number of halogens is 2. The zero-order valence-corrected chi connectivity index (χ0v) is 34.7. The summed E-state index contributed by atoms with van der Waals surface area (Å²) in [5.74, 6) is -0.136. The van der Waals surface area contributed by atoms with Crippen molar-refractivity contribution >= 4 is 47.4 Å². The fourth-order valence-electron chi connectivity index (χ4n) is 6.52. The van der Waals surface area contributed by atoms with Crippen LogP contribution in [0.1, 0.15) is 109 Å². The zero-order chi connectivity index (χ0) is 39.6. The summed E-state index contributed by atoms with van der Waals surface area (Å²) >= 11 is 6.35. The number of fused-ring (bicyclic) bond motifs is 2. The molecular formula is C40H56BClFN3O7S. The van der Waals surface area contributed by atoms with E-state index in [1.165, 1.54) is 6.08 Å². The Morgan fingerprint density at radius 2 is 1.78 bits per heavy atom. The van der Waals surface area contributed by atoms with Gasteiger partial charge in [0.25, 0.3) is 5.91 Å². The second kappa shape index (κ2) is 16.9. The Kier molecular flexibility index (Phi) is 13.2. The molecule has 2 aromatic carbocycles. The standard InChI is InChI=1S/C40H56BClFN3O7S/c1-26(13-18-35(43)41-52-39(6,7)40(8,9)53-41)27(2)54(49)44-36(47)29-15-17-34-33(23-29)45(24-32-19-21-46(32)37(48)51-38(3,4)5)20-11-10-12-28-22-31(42)16-14-30(28)25-50-34/h14-18,22-23,26-27,32H,10-13,19-21,24-25H2,1-9H3,(H,44,47)/b35-18-/t26-,27+,32-,54?/m0/s1. The molecule has 3 heterocycles. The van der Waals surface area contributed by atoms with Gasteiger partial charge in [0.1, 0.15) is 34.7 Å². The van der Waals surface area contributed by atoms with Crippen LogP contribution in [0.25, 0.3) is 0 Å². The van der Waals surface area contributed by atoms with Crippen molar-refractivity contribution in [3.63, 3.8) is 0 Å². The first-order valence-corrected chi connectivity index (χ1v) is 20.6. The fraction of sp³-hybridized carbons (Fsp3) is 0.600. The molecule has 0 aromatic heterocycles. The van der Waals surface area contributed by atoms with Crippen molar-refractivity contribution in [1.82, 2.24) is 9.62 Å². The highest BCUT2D eigenvalue weighted by molar-refractivity contribution is 7.84. The van der Waals surface area contributed by atoms with Gasteiger partial charge >= 0.3 is 13.2 Å². The molecular weight excluding hydrogens is 732 g/mol. The average molecular weight is 788 g/mol. The number of ether oxygens (including phenoxy) is 2. The number of allylic oxidation sites excluding steroid dienone is 1. The second-order valence-corrected chi connectivity index (χ2v) is 18.7. The Hall–Kier alpha value is -3.13. The van der Waals surface area contributed by atoms with Crippen LogP contribution in [0.15, 0.2) is 48.2 Å². The smallest absolute Gasteiger partial charge is 0.487 e. The zero-order valence-electron chi connectivity index (χ0n) is 33.1. The number of anilines is 1. The van der Waals surface area contributed by atoms with Crippen molar-refractivity contribution in [3.8, 4) is 5.75 Å². The lowest BCUT2D eigenvalue weighted by atomic mass is 9.86. The van der Waals surface area contributed by atoms with Crippen LogP contribution in [-0.2, 0) is 38.1 Å². The minimum absolute atomic E-state index is 0.0789. The number of amides is 2. The van der Waals surface area contributed by atoms with E-state index in [1.807, 2.05) is 73.6 Å². The molecule has 14 heteroatoms. The maximum atomic E-state index is 15.1. The molecule has 2 aromatic rings. The summed E-state index contributed by atoms with van der Waals surface area (Å²) in [6, 6.07) is 11.0. The van der Waals surface area contributed by atoms with Gasteiger partial charge in [-0.1, -0.05) is 30.7 Å². The summed E-state index contributed by atoms with van der Waals surface area (Å²) < 4.78 is 55.0. The highest BCUT2D eigenvalue weighted by Gasteiger charge is 2.53. The van der Waals surface area contributed by atoms with E-state index >= 15 is 4.39 Å². The second-order valence-electron chi connectivity index (χ2n) is 16.7. The van der Waals surface area contributed by atoms with Crippen LogP contribution in [0, 0.1) is 5.92 Å². The van der Waals surface area contributed by atoms with E-state index in [1.54, 1.807) is 30.0 Å². The third-order valence-corrected chi connectivity index (χ3v) is 12.7. The Balaban J connectivity index is 1.32. The predicted molar refractivity (Wildman–Crippen MR) is 213 cm³/mol. The summed E-state index contributed by atoms with van der Waals surface area (Å²) in [6.07, 6.45) is 4.77.